The van der Waals surface area contributed by atoms with Gasteiger partial charge in [-0.25, -0.2) is 4.79 Å². The van der Waals surface area contributed by atoms with Gasteiger partial charge >= 0.3 is 6.03 Å². The van der Waals surface area contributed by atoms with Gasteiger partial charge in [0.2, 0.25) is 0 Å². The zero-order valence-electron chi connectivity index (χ0n) is 15.1. The van der Waals surface area contributed by atoms with Gasteiger partial charge in [-0.1, -0.05) is 30.3 Å². The van der Waals surface area contributed by atoms with E-state index >= 15 is 0 Å². The number of likely N-dealkylation sites (N-methyl/N-ethyl adjacent to an activating group) is 1. The number of likely N-dealkylation sites (tertiary alicyclic amines) is 1. The predicted molar refractivity (Wildman–Crippen MR) is 97.5 cm³/mol. The number of carbonyl (C=O) groups is 1. The fourth-order valence-electron chi connectivity index (χ4n) is 4.63. The Morgan fingerprint density at radius 1 is 1.16 bits per heavy atom. The lowest BCUT2D eigenvalue weighted by molar-refractivity contribution is 0.0776. The largest absolute Gasteiger partial charge is 0.376 e. The minimum Gasteiger partial charge on any atom is -0.376 e. The third-order valence-electron chi connectivity index (χ3n) is 6.21. The Balaban J connectivity index is 1.47. The Labute approximate surface area is 150 Å². The molecule has 0 saturated carbocycles. The van der Waals surface area contributed by atoms with Crippen LogP contribution < -0.4 is 5.32 Å². The number of hydrogen-bond donors (Lipinski definition) is 1. The average Bonchev–Trinajstić information content (AvgIpc) is 3.22. The highest BCUT2D eigenvalue weighted by Gasteiger charge is 2.37. The van der Waals surface area contributed by atoms with Crippen molar-refractivity contribution in [3.63, 3.8) is 0 Å². The molecule has 3 aliphatic heterocycles. The number of rotatable bonds is 3. The number of nitrogens with zero attached hydrogens (tertiary/aromatic N) is 2. The zero-order chi connectivity index (χ0) is 17.2. The van der Waals surface area contributed by atoms with E-state index in [1.807, 2.05) is 23.1 Å². The van der Waals surface area contributed by atoms with E-state index in [0.29, 0.717) is 12.1 Å². The first kappa shape index (κ1) is 16.9. The Kier molecular flexibility index (Phi) is 4.95. The van der Waals surface area contributed by atoms with E-state index in [-0.39, 0.29) is 18.2 Å². The molecule has 1 aromatic rings. The van der Waals surface area contributed by atoms with Crippen LogP contribution in [-0.2, 0) is 4.74 Å². The van der Waals surface area contributed by atoms with Crippen molar-refractivity contribution in [3.8, 4) is 0 Å². The quantitative estimate of drug-likeness (QED) is 0.918. The van der Waals surface area contributed by atoms with Gasteiger partial charge < -0.3 is 15.0 Å². The summed E-state index contributed by atoms with van der Waals surface area (Å²) in [6.45, 7) is 2.48. The van der Waals surface area contributed by atoms with Crippen LogP contribution in [0.4, 0.5) is 4.79 Å². The Hall–Kier alpha value is -1.59. The monoisotopic (exact) mass is 343 g/mol. The molecule has 1 aromatic carbocycles. The first-order chi connectivity index (χ1) is 12.2. The third-order valence-corrected chi connectivity index (χ3v) is 6.21. The van der Waals surface area contributed by atoms with Crippen LogP contribution in [0.5, 0.6) is 0 Å². The van der Waals surface area contributed by atoms with Crippen molar-refractivity contribution < 1.29 is 9.53 Å². The van der Waals surface area contributed by atoms with E-state index in [1.165, 1.54) is 12.8 Å². The molecule has 0 aliphatic carbocycles. The van der Waals surface area contributed by atoms with Gasteiger partial charge in [-0.3, -0.25) is 4.90 Å². The normalized spacial score (nSPS) is 30.9. The minimum absolute atomic E-state index is 0.0605. The molecule has 3 heterocycles. The van der Waals surface area contributed by atoms with Crippen LogP contribution in [0.3, 0.4) is 0 Å². The summed E-state index contributed by atoms with van der Waals surface area (Å²) in [5.41, 5.74) is 1.14. The maximum Gasteiger partial charge on any atom is 0.318 e. The van der Waals surface area contributed by atoms with Gasteiger partial charge in [-0.05, 0) is 44.7 Å². The molecule has 136 valence electrons. The van der Waals surface area contributed by atoms with Crippen LogP contribution in [0.25, 0.3) is 0 Å². The van der Waals surface area contributed by atoms with E-state index in [1.54, 1.807) is 0 Å². The molecule has 5 heteroatoms. The van der Waals surface area contributed by atoms with Crippen molar-refractivity contribution in [3.05, 3.63) is 35.9 Å². The molecule has 0 aromatic heterocycles. The van der Waals surface area contributed by atoms with Gasteiger partial charge in [-0.2, -0.15) is 0 Å². The van der Waals surface area contributed by atoms with E-state index in [0.717, 1.165) is 44.5 Å². The molecule has 3 aliphatic rings. The second-order valence-corrected chi connectivity index (χ2v) is 7.67. The van der Waals surface area contributed by atoms with Crippen molar-refractivity contribution in [2.24, 2.45) is 0 Å². The lowest BCUT2D eigenvalue weighted by atomic mass is 9.99. The topological polar surface area (TPSA) is 44.8 Å². The lowest BCUT2D eigenvalue weighted by Crippen LogP contribution is -2.47. The second kappa shape index (κ2) is 7.34. The summed E-state index contributed by atoms with van der Waals surface area (Å²) < 4.78 is 5.91. The number of ether oxygens (including phenoxy) is 1. The van der Waals surface area contributed by atoms with Crippen LogP contribution >= 0.6 is 0 Å². The standard InChI is InChI=1S/C20H29N3O2/c1-22-16-9-10-17(22)14-23(12-11-16)20(24)21-19(18-8-5-13-25-18)15-6-3-2-4-7-15/h2-4,6-7,16-19H,5,8-14H2,1H3,(H,21,24)/t16-,17-,18-,19-/m0/s1. The fraction of sp³-hybridized carbons (Fsp3) is 0.650. The Morgan fingerprint density at radius 2 is 1.96 bits per heavy atom. The molecule has 25 heavy (non-hydrogen) atoms. The van der Waals surface area contributed by atoms with E-state index in [9.17, 15) is 4.79 Å². The molecule has 2 amide bonds. The predicted octanol–water partition coefficient (Wildman–Crippen LogP) is 2.78. The number of amides is 2. The molecule has 4 rings (SSSR count). The second-order valence-electron chi connectivity index (χ2n) is 7.67. The summed E-state index contributed by atoms with van der Waals surface area (Å²) in [7, 11) is 2.21. The first-order valence-electron chi connectivity index (χ1n) is 9.66. The van der Waals surface area contributed by atoms with Gasteiger partial charge in [0.1, 0.15) is 0 Å². The first-order valence-corrected chi connectivity index (χ1v) is 9.66. The van der Waals surface area contributed by atoms with E-state index in [4.69, 9.17) is 4.74 Å². The van der Waals surface area contributed by atoms with Crippen LogP contribution in [0, 0.1) is 0 Å². The van der Waals surface area contributed by atoms with Crippen LogP contribution in [0.15, 0.2) is 30.3 Å². The molecule has 0 spiro atoms. The average molecular weight is 343 g/mol. The highest BCUT2D eigenvalue weighted by atomic mass is 16.5. The number of hydrogen-bond acceptors (Lipinski definition) is 3. The SMILES string of the molecule is CN1[C@H]2CC[C@H]1CN(C(=O)N[C@@H](c1ccccc1)[C@@H]1CCCO1)CC2. The van der Waals surface area contributed by atoms with Crippen LogP contribution in [0.1, 0.15) is 43.7 Å². The Morgan fingerprint density at radius 3 is 2.72 bits per heavy atom. The molecule has 3 fully saturated rings. The lowest BCUT2D eigenvalue weighted by Gasteiger charge is -2.30. The molecular weight excluding hydrogens is 314 g/mol. The molecule has 4 atom stereocenters. The van der Waals surface area contributed by atoms with Crippen LogP contribution in [0.2, 0.25) is 0 Å². The summed E-state index contributed by atoms with van der Waals surface area (Å²) >= 11 is 0. The zero-order valence-corrected chi connectivity index (χ0v) is 15.1. The van der Waals surface area contributed by atoms with Crippen molar-refractivity contribution >= 4 is 6.03 Å². The van der Waals surface area contributed by atoms with Crippen LogP contribution in [-0.4, -0.2) is 60.8 Å². The molecule has 2 bridgehead atoms. The number of benzene rings is 1. The van der Waals surface area contributed by atoms with Crippen molar-refractivity contribution in [2.75, 3.05) is 26.7 Å². The third kappa shape index (κ3) is 3.53. The van der Waals surface area contributed by atoms with Gasteiger partial charge in [-0.15, -0.1) is 0 Å². The maximum atomic E-state index is 13.0. The number of fused-ring (bicyclic) bond motifs is 2. The molecule has 1 N–H and O–H groups in total. The fourth-order valence-corrected chi connectivity index (χ4v) is 4.63. The molecular formula is C20H29N3O2. The molecule has 0 unspecified atom stereocenters. The van der Waals surface area contributed by atoms with E-state index < -0.39 is 0 Å². The maximum absolute atomic E-state index is 13.0. The summed E-state index contributed by atoms with van der Waals surface area (Å²) in [5, 5.41) is 3.29. The van der Waals surface area contributed by atoms with Crippen molar-refractivity contribution in [1.29, 1.82) is 0 Å². The van der Waals surface area contributed by atoms with Gasteiger partial charge in [0, 0.05) is 31.8 Å². The van der Waals surface area contributed by atoms with Gasteiger partial charge in [0.25, 0.3) is 0 Å². The molecule has 0 radical (unpaired) electrons. The van der Waals surface area contributed by atoms with Gasteiger partial charge in [0.15, 0.2) is 0 Å². The Bertz CT molecular complexity index is 588. The number of urea groups is 1. The highest BCUT2D eigenvalue weighted by Crippen LogP contribution is 2.30. The number of nitrogens with one attached hydrogen (secondary N) is 1. The highest BCUT2D eigenvalue weighted by molar-refractivity contribution is 5.75. The molecule has 5 nitrogen and oxygen atoms in total. The molecule has 3 saturated heterocycles. The van der Waals surface area contributed by atoms with Crippen molar-refractivity contribution in [2.45, 2.75) is 56.3 Å². The van der Waals surface area contributed by atoms with Crippen molar-refractivity contribution in [1.82, 2.24) is 15.1 Å². The smallest absolute Gasteiger partial charge is 0.318 e. The summed E-state index contributed by atoms with van der Waals surface area (Å²) in [6, 6.07) is 11.4. The van der Waals surface area contributed by atoms with E-state index in [2.05, 4.69) is 29.4 Å². The summed E-state index contributed by atoms with van der Waals surface area (Å²) in [6.07, 6.45) is 5.72. The number of carbonyl (C=O) groups excluding carboxylic acids is 1. The summed E-state index contributed by atoms with van der Waals surface area (Å²) in [4.78, 5) is 17.5. The van der Waals surface area contributed by atoms with Gasteiger partial charge in [0.05, 0.1) is 12.1 Å². The minimum atomic E-state index is -0.0608. The summed E-state index contributed by atoms with van der Waals surface area (Å²) in [5.74, 6) is 0.